The number of nitrogens with zero attached hydrogens (tertiary/aromatic N) is 2. The summed E-state index contributed by atoms with van der Waals surface area (Å²) in [5.74, 6) is 0.0331. The Hall–Kier alpha value is -2.33. The Bertz CT molecular complexity index is 593. The van der Waals surface area contributed by atoms with Gasteiger partial charge in [-0.15, -0.1) is 0 Å². The fourth-order valence-electron chi connectivity index (χ4n) is 2.19. The van der Waals surface area contributed by atoms with Crippen LogP contribution in [0.25, 0.3) is 0 Å². The minimum atomic E-state index is 0.0331. The van der Waals surface area contributed by atoms with Crippen LogP contribution in [0.3, 0.4) is 0 Å². The summed E-state index contributed by atoms with van der Waals surface area (Å²) in [5, 5.41) is 0. The number of amides is 1. The highest BCUT2D eigenvalue weighted by Gasteiger charge is 2.16. The highest BCUT2D eigenvalue weighted by Crippen LogP contribution is 2.12. The van der Waals surface area contributed by atoms with E-state index in [2.05, 4.69) is 4.90 Å². The van der Waals surface area contributed by atoms with Gasteiger partial charge in [-0.2, -0.15) is 0 Å². The van der Waals surface area contributed by atoms with Crippen LogP contribution >= 0.6 is 0 Å². The van der Waals surface area contributed by atoms with Crippen LogP contribution in [0, 0.1) is 0 Å². The Morgan fingerprint density at radius 2 is 1.59 bits per heavy atom. The molecule has 22 heavy (non-hydrogen) atoms. The Balaban J connectivity index is 2.15. The number of carbonyl (C=O) groups is 1. The average Bonchev–Trinajstić information content (AvgIpc) is 2.52. The maximum absolute atomic E-state index is 12.7. The largest absolute Gasteiger partial charge is 0.399 e. The van der Waals surface area contributed by atoms with Gasteiger partial charge in [-0.3, -0.25) is 4.79 Å². The quantitative estimate of drug-likeness (QED) is 0.833. The van der Waals surface area contributed by atoms with Crippen LogP contribution in [-0.4, -0.2) is 42.9 Å². The van der Waals surface area contributed by atoms with E-state index in [9.17, 15) is 4.79 Å². The molecule has 0 saturated carbocycles. The molecule has 1 amide bonds. The van der Waals surface area contributed by atoms with Gasteiger partial charge < -0.3 is 15.5 Å². The highest BCUT2D eigenvalue weighted by atomic mass is 16.2. The van der Waals surface area contributed by atoms with Crippen molar-refractivity contribution in [1.82, 2.24) is 9.80 Å². The van der Waals surface area contributed by atoms with Gasteiger partial charge in [-0.1, -0.05) is 30.3 Å². The van der Waals surface area contributed by atoms with E-state index in [1.165, 1.54) is 0 Å². The maximum atomic E-state index is 12.7. The van der Waals surface area contributed by atoms with Crippen LogP contribution < -0.4 is 5.73 Å². The van der Waals surface area contributed by atoms with Gasteiger partial charge in [-0.05, 0) is 43.9 Å². The number of nitrogen functional groups attached to an aromatic ring is 1. The summed E-state index contributed by atoms with van der Waals surface area (Å²) < 4.78 is 0. The van der Waals surface area contributed by atoms with E-state index >= 15 is 0 Å². The van der Waals surface area contributed by atoms with Crippen molar-refractivity contribution in [3.8, 4) is 0 Å². The van der Waals surface area contributed by atoms with Gasteiger partial charge in [0.2, 0.25) is 0 Å². The molecule has 0 fully saturated rings. The van der Waals surface area contributed by atoms with Crippen molar-refractivity contribution in [2.24, 2.45) is 0 Å². The molecule has 0 saturated heterocycles. The van der Waals surface area contributed by atoms with Gasteiger partial charge >= 0.3 is 0 Å². The predicted molar refractivity (Wildman–Crippen MR) is 90.6 cm³/mol. The zero-order valence-electron chi connectivity index (χ0n) is 13.2. The van der Waals surface area contributed by atoms with E-state index in [0.29, 0.717) is 24.3 Å². The number of anilines is 1. The first-order valence-corrected chi connectivity index (χ1v) is 7.40. The summed E-state index contributed by atoms with van der Waals surface area (Å²) in [6, 6.07) is 17.1. The summed E-state index contributed by atoms with van der Waals surface area (Å²) >= 11 is 0. The number of carbonyl (C=O) groups excluding carboxylic acids is 1. The van der Waals surface area contributed by atoms with Crippen LogP contribution in [0.4, 0.5) is 5.69 Å². The van der Waals surface area contributed by atoms with Crippen molar-refractivity contribution < 1.29 is 4.79 Å². The summed E-state index contributed by atoms with van der Waals surface area (Å²) in [5.41, 5.74) is 8.16. The molecule has 2 aromatic rings. The summed E-state index contributed by atoms with van der Waals surface area (Å²) in [4.78, 5) is 16.7. The first-order valence-electron chi connectivity index (χ1n) is 7.40. The standard InChI is InChI=1S/C18H23N3O/c1-20(2)12-13-21(14-15-6-4-3-5-7-15)18(22)16-8-10-17(19)11-9-16/h3-11H,12-14,19H2,1-2H3. The Labute approximate surface area is 132 Å². The Morgan fingerprint density at radius 1 is 0.955 bits per heavy atom. The van der Waals surface area contributed by atoms with Crippen LogP contribution in [0.2, 0.25) is 0 Å². The minimum Gasteiger partial charge on any atom is -0.399 e. The van der Waals surface area contributed by atoms with E-state index < -0.39 is 0 Å². The molecule has 0 spiro atoms. The lowest BCUT2D eigenvalue weighted by molar-refractivity contribution is 0.0732. The topological polar surface area (TPSA) is 49.6 Å². The monoisotopic (exact) mass is 297 g/mol. The first-order chi connectivity index (χ1) is 10.6. The number of nitrogens with two attached hydrogens (primary N) is 1. The lowest BCUT2D eigenvalue weighted by Crippen LogP contribution is -2.36. The molecule has 0 aliphatic carbocycles. The van der Waals surface area contributed by atoms with E-state index in [4.69, 9.17) is 5.73 Å². The molecule has 0 aromatic heterocycles. The molecule has 0 aliphatic rings. The zero-order valence-corrected chi connectivity index (χ0v) is 13.2. The number of hydrogen-bond donors (Lipinski definition) is 1. The second-order valence-electron chi connectivity index (χ2n) is 5.64. The third-order valence-electron chi connectivity index (χ3n) is 3.48. The van der Waals surface area contributed by atoms with Gasteiger partial charge in [0.05, 0.1) is 0 Å². The molecule has 0 bridgehead atoms. The molecule has 0 unspecified atom stereocenters. The first kappa shape index (κ1) is 16.0. The zero-order chi connectivity index (χ0) is 15.9. The van der Waals surface area contributed by atoms with Crippen molar-refractivity contribution in [2.75, 3.05) is 32.9 Å². The number of rotatable bonds is 6. The lowest BCUT2D eigenvalue weighted by atomic mass is 10.1. The molecule has 0 radical (unpaired) electrons. The van der Waals surface area contributed by atoms with Crippen molar-refractivity contribution in [1.29, 1.82) is 0 Å². The van der Waals surface area contributed by atoms with Crippen molar-refractivity contribution in [3.63, 3.8) is 0 Å². The van der Waals surface area contributed by atoms with Crippen molar-refractivity contribution in [3.05, 3.63) is 65.7 Å². The van der Waals surface area contributed by atoms with Gasteiger partial charge in [0.1, 0.15) is 0 Å². The molecule has 0 aliphatic heterocycles. The normalized spacial score (nSPS) is 10.7. The van der Waals surface area contributed by atoms with Gasteiger partial charge in [0, 0.05) is 30.9 Å². The molecule has 0 heterocycles. The van der Waals surface area contributed by atoms with E-state index in [-0.39, 0.29) is 5.91 Å². The molecule has 4 nitrogen and oxygen atoms in total. The fourth-order valence-corrected chi connectivity index (χ4v) is 2.19. The van der Waals surface area contributed by atoms with Crippen LogP contribution in [0.1, 0.15) is 15.9 Å². The third kappa shape index (κ3) is 4.60. The van der Waals surface area contributed by atoms with Crippen LogP contribution in [0.15, 0.2) is 54.6 Å². The van der Waals surface area contributed by atoms with Gasteiger partial charge in [0.25, 0.3) is 5.91 Å². The van der Waals surface area contributed by atoms with Crippen LogP contribution in [-0.2, 0) is 6.54 Å². The highest BCUT2D eigenvalue weighted by molar-refractivity contribution is 5.94. The Kier molecular flexibility index (Phi) is 5.55. The summed E-state index contributed by atoms with van der Waals surface area (Å²) in [6.07, 6.45) is 0. The second kappa shape index (κ2) is 7.61. The molecule has 2 rings (SSSR count). The summed E-state index contributed by atoms with van der Waals surface area (Å²) in [7, 11) is 4.02. The molecule has 0 atom stereocenters. The molecule has 2 N–H and O–H groups in total. The fraction of sp³-hybridized carbons (Fsp3) is 0.278. The SMILES string of the molecule is CN(C)CCN(Cc1ccccc1)C(=O)c1ccc(N)cc1. The van der Waals surface area contributed by atoms with Crippen LogP contribution in [0.5, 0.6) is 0 Å². The van der Waals surface area contributed by atoms with Gasteiger partial charge in [-0.25, -0.2) is 0 Å². The van der Waals surface area contributed by atoms with E-state index in [1.807, 2.05) is 49.3 Å². The number of likely N-dealkylation sites (N-methyl/N-ethyl adjacent to an activating group) is 1. The smallest absolute Gasteiger partial charge is 0.254 e. The molecular formula is C18H23N3O. The summed E-state index contributed by atoms with van der Waals surface area (Å²) in [6.45, 7) is 2.12. The van der Waals surface area contributed by atoms with Crippen molar-refractivity contribution >= 4 is 11.6 Å². The second-order valence-corrected chi connectivity index (χ2v) is 5.64. The number of benzene rings is 2. The van der Waals surface area contributed by atoms with E-state index in [0.717, 1.165) is 12.1 Å². The molecule has 2 aromatic carbocycles. The molecular weight excluding hydrogens is 274 g/mol. The van der Waals surface area contributed by atoms with E-state index in [1.54, 1.807) is 24.3 Å². The minimum absolute atomic E-state index is 0.0331. The average molecular weight is 297 g/mol. The lowest BCUT2D eigenvalue weighted by Gasteiger charge is -2.24. The maximum Gasteiger partial charge on any atom is 0.254 e. The predicted octanol–water partition coefficient (Wildman–Crippen LogP) is 2.47. The number of hydrogen-bond acceptors (Lipinski definition) is 3. The molecule has 4 heteroatoms. The van der Waals surface area contributed by atoms with Gasteiger partial charge in [0.15, 0.2) is 0 Å². The van der Waals surface area contributed by atoms with Crippen molar-refractivity contribution in [2.45, 2.75) is 6.54 Å². The Morgan fingerprint density at radius 3 is 2.18 bits per heavy atom. The molecule has 116 valence electrons. The third-order valence-corrected chi connectivity index (χ3v) is 3.48.